The highest BCUT2D eigenvalue weighted by Gasteiger charge is 2.37. The van der Waals surface area contributed by atoms with Gasteiger partial charge in [0.1, 0.15) is 0 Å². The Morgan fingerprint density at radius 1 is 1.17 bits per heavy atom. The monoisotopic (exact) mass is 486 g/mol. The largest absolute Gasteiger partial charge is 0.457 e. The number of carbonyl (C=O) groups is 2. The highest BCUT2D eigenvalue weighted by Crippen LogP contribution is 2.33. The molecule has 9 nitrogen and oxygen atoms in total. The van der Waals surface area contributed by atoms with Gasteiger partial charge in [0.05, 0.1) is 11.5 Å². The number of anilines is 4. The molecule has 0 spiro atoms. The van der Waals surface area contributed by atoms with Gasteiger partial charge >= 0.3 is 12.1 Å². The average molecular weight is 486 g/mol. The number of carbonyl (C=O) groups excluding carboxylic acids is 2. The molecular formula is C23H21F3N6O3. The van der Waals surface area contributed by atoms with E-state index >= 15 is 0 Å². The van der Waals surface area contributed by atoms with Crippen LogP contribution in [0.1, 0.15) is 23.4 Å². The first-order chi connectivity index (χ1) is 16.6. The molecule has 1 aromatic heterocycles. The molecule has 3 N–H and O–H groups in total. The zero-order valence-electron chi connectivity index (χ0n) is 18.5. The van der Waals surface area contributed by atoms with E-state index in [4.69, 9.17) is 10.5 Å². The van der Waals surface area contributed by atoms with Crippen molar-refractivity contribution in [3.05, 3.63) is 65.5 Å². The van der Waals surface area contributed by atoms with E-state index in [0.29, 0.717) is 0 Å². The van der Waals surface area contributed by atoms with Crippen LogP contribution in [0.2, 0.25) is 0 Å². The van der Waals surface area contributed by atoms with Gasteiger partial charge in [-0.1, -0.05) is 24.3 Å². The van der Waals surface area contributed by atoms with Crippen molar-refractivity contribution in [2.24, 2.45) is 5.92 Å². The third kappa shape index (κ3) is 5.65. The smallest absolute Gasteiger partial charge is 0.416 e. The standard InChI is InChI=1S/C23H21F3N6O3/c1-13-5-2-3-8-17(13)28-22-30-18(29-21(27)31-22)12-35-20(34)14-9-19(33)32(11-14)16-7-4-6-15(10-16)23(24,25)26/h2-8,10,14H,9,11-12H2,1H3,(H3,27,28,29,30,31)/t14-/m0/s1. The molecule has 0 radical (unpaired) electrons. The average Bonchev–Trinajstić information content (AvgIpc) is 3.20. The molecule has 0 unspecified atom stereocenters. The summed E-state index contributed by atoms with van der Waals surface area (Å²) in [7, 11) is 0. The number of hydrogen-bond donors (Lipinski definition) is 2. The second kappa shape index (κ2) is 9.57. The van der Waals surface area contributed by atoms with Crippen LogP contribution in [0, 0.1) is 12.8 Å². The predicted octanol–water partition coefficient (Wildman–Crippen LogP) is 3.62. The van der Waals surface area contributed by atoms with Crippen LogP contribution in [0.3, 0.4) is 0 Å². The molecule has 1 aliphatic heterocycles. The number of nitrogens with two attached hydrogens (primary N) is 1. The van der Waals surface area contributed by atoms with Gasteiger partial charge in [-0.05, 0) is 36.8 Å². The number of halogens is 3. The van der Waals surface area contributed by atoms with Gasteiger partial charge in [-0.25, -0.2) is 0 Å². The van der Waals surface area contributed by atoms with E-state index < -0.39 is 29.5 Å². The molecule has 182 valence electrons. The third-order valence-electron chi connectivity index (χ3n) is 5.38. The van der Waals surface area contributed by atoms with Crippen molar-refractivity contribution in [2.75, 3.05) is 22.5 Å². The minimum Gasteiger partial charge on any atom is -0.457 e. The lowest BCUT2D eigenvalue weighted by Gasteiger charge is -2.18. The molecule has 1 atom stereocenters. The molecule has 35 heavy (non-hydrogen) atoms. The van der Waals surface area contributed by atoms with Crippen molar-refractivity contribution < 1.29 is 27.5 Å². The lowest BCUT2D eigenvalue weighted by atomic mass is 10.1. The number of amides is 1. The maximum Gasteiger partial charge on any atom is 0.416 e. The molecule has 2 aromatic carbocycles. The summed E-state index contributed by atoms with van der Waals surface area (Å²) < 4.78 is 44.3. The fraction of sp³-hybridized carbons (Fsp3) is 0.261. The Bertz CT molecular complexity index is 1270. The molecule has 1 amide bonds. The number of alkyl halides is 3. The second-order valence-electron chi connectivity index (χ2n) is 7.93. The molecule has 1 saturated heterocycles. The van der Waals surface area contributed by atoms with Crippen molar-refractivity contribution >= 4 is 35.1 Å². The Hall–Kier alpha value is -4.22. The lowest BCUT2D eigenvalue weighted by Crippen LogP contribution is -2.26. The summed E-state index contributed by atoms with van der Waals surface area (Å²) in [6.45, 7) is 1.49. The minimum absolute atomic E-state index is 0.0669. The second-order valence-corrected chi connectivity index (χ2v) is 7.93. The van der Waals surface area contributed by atoms with Crippen LogP contribution in [-0.4, -0.2) is 33.4 Å². The third-order valence-corrected chi connectivity index (χ3v) is 5.38. The van der Waals surface area contributed by atoms with Crippen molar-refractivity contribution in [1.82, 2.24) is 15.0 Å². The summed E-state index contributed by atoms with van der Waals surface area (Å²) in [6, 6.07) is 11.9. The van der Waals surface area contributed by atoms with Crippen LogP contribution < -0.4 is 16.0 Å². The van der Waals surface area contributed by atoms with Gasteiger partial charge in [0.25, 0.3) is 0 Å². The molecule has 0 bridgehead atoms. The van der Waals surface area contributed by atoms with Gasteiger partial charge in [0, 0.05) is 24.3 Å². The van der Waals surface area contributed by atoms with E-state index in [1.807, 2.05) is 31.2 Å². The van der Waals surface area contributed by atoms with Crippen molar-refractivity contribution in [1.29, 1.82) is 0 Å². The van der Waals surface area contributed by atoms with Gasteiger partial charge in [0.15, 0.2) is 12.4 Å². The quantitative estimate of drug-likeness (QED) is 0.507. The number of benzene rings is 2. The summed E-state index contributed by atoms with van der Waals surface area (Å²) >= 11 is 0. The van der Waals surface area contributed by atoms with Crippen molar-refractivity contribution in [3.63, 3.8) is 0 Å². The van der Waals surface area contributed by atoms with Crippen molar-refractivity contribution in [2.45, 2.75) is 26.1 Å². The van der Waals surface area contributed by atoms with Crippen LogP contribution in [0.4, 0.5) is 36.4 Å². The van der Waals surface area contributed by atoms with Crippen LogP contribution in [-0.2, 0) is 27.1 Å². The number of para-hydroxylation sites is 1. The molecule has 12 heteroatoms. The summed E-state index contributed by atoms with van der Waals surface area (Å²) in [5.41, 5.74) is 6.66. The van der Waals surface area contributed by atoms with Gasteiger partial charge in [-0.2, -0.15) is 28.1 Å². The number of esters is 1. The molecule has 1 aliphatic rings. The highest BCUT2D eigenvalue weighted by molar-refractivity contribution is 5.99. The Labute approximate surface area is 198 Å². The predicted molar refractivity (Wildman–Crippen MR) is 120 cm³/mol. The topological polar surface area (TPSA) is 123 Å². The van der Waals surface area contributed by atoms with E-state index in [1.54, 1.807) is 0 Å². The number of aromatic nitrogens is 3. The highest BCUT2D eigenvalue weighted by atomic mass is 19.4. The number of aryl methyl sites for hydroxylation is 1. The molecule has 4 rings (SSSR count). The van der Waals surface area contributed by atoms with Gasteiger partial charge in [0.2, 0.25) is 17.8 Å². The van der Waals surface area contributed by atoms with Crippen LogP contribution in [0.5, 0.6) is 0 Å². The maximum atomic E-state index is 13.0. The molecule has 0 saturated carbocycles. The van der Waals surface area contributed by atoms with Gasteiger partial charge < -0.3 is 20.7 Å². The number of rotatable bonds is 6. The van der Waals surface area contributed by atoms with Crippen LogP contribution in [0.25, 0.3) is 0 Å². The SMILES string of the molecule is Cc1ccccc1Nc1nc(N)nc(COC(=O)[C@H]2CC(=O)N(c3cccc(C(F)(F)F)c3)C2)n1. The number of hydrogen-bond acceptors (Lipinski definition) is 8. The van der Waals surface area contributed by atoms with Gasteiger partial charge in [-0.15, -0.1) is 0 Å². The lowest BCUT2D eigenvalue weighted by molar-refractivity contribution is -0.150. The summed E-state index contributed by atoms with van der Waals surface area (Å²) in [5.74, 6) is -1.82. The Morgan fingerprint density at radius 3 is 2.69 bits per heavy atom. The summed E-state index contributed by atoms with van der Waals surface area (Å²) in [5, 5.41) is 3.03. The van der Waals surface area contributed by atoms with E-state index in [-0.39, 0.29) is 43.0 Å². The first-order valence-corrected chi connectivity index (χ1v) is 10.6. The molecular weight excluding hydrogens is 465 g/mol. The van der Waals surface area contributed by atoms with Crippen LogP contribution in [0.15, 0.2) is 48.5 Å². The summed E-state index contributed by atoms with van der Waals surface area (Å²) in [4.78, 5) is 38.3. The normalized spacial score (nSPS) is 15.8. The molecule has 1 fully saturated rings. The number of nitrogen functional groups attached to an aromatic ring is 1. The van der Waals surface area contributed by atoms with E-state index in [0.717, 1.165) is 28.3 Å². The van der Waals surface area contributed by atoms with Crippen molar-refractivity contribution in [3.8, 4) is 0 Å². The zero-order chi connectivity index (χ0) is 25.2. The fourth-order valence-electron chi connectivity index (χ4n) is 3.61. The molecule has 2 heterocycles. The first-order valence-electron chi connectivity index (χ1n) is 10.6. The molecule has 3 aromatic rings. The Kier molecular flexibility index (Phi) is 6.54. The number of nitrogens with one attached hydrogen (secondary N) is 1. The molecule has 0 aliphatic carbocycles. The van der Waals surface area contributed by atoms with E-state index in [1.165, 1.54) is 12.1 Å². The Morgan fingerprint density at radius 2 is 1.94 bits per heavy atom. The Balaban J connectivity index is 1.40. The number of nitrogens with zero attached hydrogens (tertiary/aromatic N) is 4. The maximum absolute atomic E-state index is 13.0. The minimum atomic E-state index is -4.55. The van der Waals surface area contributed by atoms with E-state index in [9.17, 15) is 22.8 Å². The van der Waals surface area contributed by atoms with Gasteiger partial charge in [-0.3, -0.25) is 9.59 Å². The zero-order valence-corrected chi connectivity index (χ0v) is 18.5. The first kappa shape index (κ1) is 23.9. The number of ether oxygens (including phenoxy) is 1. The van der Waals surface area contributed by atoms with Crippen LogP contribution >= 0.6 is 0 Å². The van der Waals surface area contributed by atoms with E-state index in [2.05, 4.69) is 20.3 Å². The summed E-state index contributed by atoms with van der Waals surface area (Å²) in [6.07, 6.45) is -4.73. The fourth-order valence-corrected chi connectivity index (χ4v) is 3.61.